The second kappa shape index (κ2) is 7.46. The van der Waals surface area contributed by atoms with Crippen LogP contribution in [0.25, 0.3) is 0 Å². The first-order chi connectivity index (χ1) is 12.4. The van der Waals surface area contributed by atoms with Crippen LogP contribution in [0.2, 0.25) is 0 Å². The van der Waals surface area contributed by atoms with Crippen molar-refractivity contribution in [2.75, 3.05) is 44.4 Å². The number of rotatable bonds is 5. The van der Waals surface area contributed by atoms with Gasteiger partial charge in [0.2, 0.25) is 10.0 Å². The van der Waals surface area contributed by atoms with E-state index in [1.54, 1.807) is 24.1 Å². The Balaban J connectivity index is 1.76. The fourth-order valence-electron chi connectivity index (χ4n) is 2.94. The van der Waals surface area contributed by atoms with Gasteiger partial charge in [-0.3, -0.25) is 4.79 Å². The SMILES string of the molecule is COc1ccc(Cn2ccnc(N3CCN(S(C)(=O)=O)CC3)c2=O)cc1. The fourth-order valence-corrected chi connectivity index (χ4v) is 3.76. The molecule has 3 rings (SSSR count). The number of hydrogen-bond acceptors (Lipinski definition) is 6. The molecule has 0 amide bonds. The molecule has 1 fully saturated rings. The average Bonchev–Trinajstić information content (AvgIpc) is 2.63. The van der Waals surface area contributed by atoms with E-state index in [0.29, 0.717) is 38.5 Å². The Hall–Kier alpha value is -2.39. The predicted octanol–water partition coefficient (Wildman–Crippen LogP) is 0.382. The van der Waals surface area contributed by atoms with E-state index < -0.39 is 10.0 Å². The molecule has 0 saturated carbocycles. The first kappa shape index (κ1) is 18.4. The molecule has 0 spiro atoms. The highest BCUT2D eigenvalue weighted by molar-refractivity contribution is 7.88. The summed E-state index contributed by atoms with van der Waals surface area (Å²) in [7, 11) is -1.59. The third-order valence-corrected chi connectivity index (χ3v) is 5.72. The van der Waals surface area contributed by atoms with Crippen molar-refractivity contribution in [2.24, 2.45) is 0 Å². The molecule has 8 nitrogen and oxygen atoms in total. The van der Waals surface area contributed by atoms with E-state index in [1.165, 1.54) is 10.6 Å². The molecule has 0 radical (unpaired) electrons. The topological polar surface area (TPSA) is 84.7 Å². The first-order valence-electron chi connectivity index (χ1n) is 8.27. The Labute approximate surface area is 152 Å². The van der Waals surface area contributed by atoms with Crippen LogP contribution >= 0.6 is 0 Å². The minimum absolute atomic E-state index is 0.184. The van der Waals surface area contributed by atoms with Crippen LogP contribution in [0, 0.1) is 0 Å². The largest absolute Gasteiger partial charge is 0.497 e. The summed E-state index contributed by atoms with van der Waals surface area (Å²) in [5.41, 5.74) is 0.795. The molecule has 0 aliphatic carbocycles. The number of benzene rings is 1. The monoisotopic (exact) mass is 378 g/mol. The summed E-state index contributed by atoms with van der Waals surface area (Å²) in [4.78, 5) is 18.8. The Morgan fingerprint density at radius 3 is 2.35 bits per heavy atom. The summed E-state index contributed by atoms with van der Waals surface area (Å²) in [6.45, 7) is 2.03. The lowest BCUT2D eigenvalue weighted by atomic mass is 10.2. The smallest absolute Gasteiger partial charge is 0.293 e. The molecule has 9 heteroatoms. The summed E-state index contributed by atoms with van der Waals surface area (Å²) in [6, 6.07) is 7.53. The van der Waals surface area contributed by atoms with E-state index in [9.17, 15) is 13.2 Å². The Kier molecular flexibility index (Phi) is 5.28. The van der Waals surface area contributed by atoms with Crippen molar-refractivity contribution in [3.8, 4) is 5.75 Å². The van der Waals surface area contributed by atoms with Gasteiger partial charge in [0, 0.05) is 38.6 Å². The van der Waals surface area contributed by atoms with Gasteiger partial charge < -0.3 is 14.2 Å². The van der Waals surface area contributed by atoms with Gasteiger partial charge in [0.25, 0.3) is 5.56 Å². The van der Waals surface area contributed by atoms with E-state index in [1.807, 2.05) is 29.2 Å². The predicted molar refractivity (Wildman–Crippen MR) is 99.2 cm³/mol. The zero-order chi connectivity index (χ0) is 18.7. The molecule has 1 aliphatic rings. The number of sulfonamides is 1. The lowest BCUT2D eigenvalue weighted by molar-refractivity contribution is 0.386. The van der Waals surface area contributed by atoms with Gasteiger partial charge in [-0.25, -0.2) is 13.4 Å². The second-order valence-corrected chi connectivity index (χ2v) is 8.16. The summed E-state index contributed by atoms with van der Waals surface area (Å²) >= 11 is 0. The Morgan fingerprint density at radius 1 is 1.12 bits per heavy atom. The summed E-state index contributed by atoms with van der Waals surface area (Å²) < 4.78 is 31.4. The Bertz CT molecular complexity index is 917. The molecule has 140 valence electrons. The zero-order valence-electron chi connectivity index (χ0n) is 14.8. The third kappa shape index (κ3) is 4.05. The number of hydrogen-bond donors (Lipinski definition) is 0. The van der Waals surface area contributed by atoms with Gasteiger partial charge >= 0.3 is 0 Å². The quantitative estimate of drug-likeness (QED) is 0.748. The number of anilines is 1. The van der Waals surface area contributed by atoms with Crippen LogP contribution in [-0.4, -0.2) is 61.8 Å². The molecule has 0 bridgehead atoms. The van der Waals surface area contributed by atoms with Gasteiger partial charge in [0.05, 0.1) is 19.9 Å². The highest BCUT2D eigenvalue weighted by Crippen LogP contribution is 2.13. The van der Waals surface area contributed by atoms with Crippen LogP contribution in [0.4, 0.5) is 5.82 Å². The molecule has 0 atom stereocenters. The van der Waals surface area contributed by atoms with Gasteiger partial charge in [0.1, 0.15) is 5.75 Å². The molecule has 0 unspecified atom stereocenters. The van der Waals surface area contributed by atoms with E-state index in [2.05, 4.69) is 4.98 Å². The molecule has 1 aromatic carbocycles. The summed E-state index contributed by atoms with van der Waals surface area (Å²) in [5, 5.41) is 0. The number of ether oxygens (including phenoxy) is 1. The van der Waals surface area contributed by atoms with Crippen LogP contribution in [0.15, 0.2) is 41.5 Å². The third-order valence-electron chi connectivity index (χ3n) is 4.41. The van der Waals surface area contributed by atoms with Crippen LogP contribution in [0.3, 0.4) is 0 Å². The van der Waals surface area contributed by atoms with E-state index in [-0.39, 0.29) is 5.56 Å². The summed E-state index contributed by atoms with van der Waals surface area (Å²) in [5.74, 6) is 1.12. The molecular weight excluding hydrogens is 356 g/mol. The van der Waals surface area contributed by atoms with Crippen molar-refractivity contribution < 1.29 is 13.2 Å². The molecule has 1 saturated heterocycles. The van der Waals surface area contributed by atoms with Crippen molar-refractivity contribution in [2.45, 2.75) is 6.54 Å². The van der Waals surface area contributed by atoms with Crippen molar-refractivity contribution >= 4 is 15.8 Å². The van der Waals surface area contributed by atoms with Gasteiger partial charge in [-0.2, -0.15) is 4.31 Å². The number of nitrogens with zero attached hydrogens (tertiary/aromatic N) is 4. The minimum Gasteiger partial charge on any atom is -0.497 e. The van der Waals surface area contributed by atoms with Gasteiger partial charge in [-0.05, 0) is 17.7 Å². The van der Waals surface area contributed by atoms with E-state index in [4.69, 9.17) is 4.74 Å². The standard InChI is InChI=1S/C17H22N4O4S/c1-25-15-5-3-14(4-6-15)13-20-8-7-18-16(17(20)22)19-9-11-21(12-10-19)26(2,23)24/h3-8H,9-13H2,1-2H3. The molecule has 1 aliphatic heterocycles. The fraction of sp³-hybridized carbons (Fsp3) is 0.412. The molecule has 0 N–H and O–H groups in total. The van der Waals surface area contributed by atoms with Gasteiger partial charge in [-0.15, -0.1) is 0 Å². The van der Waals surface area contributed by atoms with E-state index in [0.717, 1.165) is 11.3 Å². The second-order valence-electron chi connectivity index (χ2n) is 6.18. The number of methoxy groups -OCH3 is 1. The van der Waals surface area contributed by atoms with Gasteiger partial charge in [0.15, 0.2) is 5.82 Å². The van der Waals surface area contributed by atoms with Crippen molar-refractivity contribution in [3.05, 3.63) is 52.6 Å². The maximum absolute atomic E-state index is 12.8. The number of aromatic nitrogens is 2. The molecule has 26 heavy (non-hydrogen) atoms. The molecule has 2 aromatic rings. The lowest BCUT2D eigenvalue weighted by Crippen LogP contribution is -2.50. The average molecular weight is 378 g/mol. The molecule has 2 heterocycles. The molecular formula is C17H22N4O4S. The van der Waals surface area contributed by atoms with Crippen molar-refractivity contribution in [1.82, 2.24) is 13.9 Å². The van der Waals surface area contributed by atoms with Crippen molar-refractivity contribution in [3.63, 3.8) is 0 Å². The number of piperazine rings is 1. The highest BCUT2D eigenvalue weighted by atomic mass is 32.2. The minimum atomic E-state index is -3.20. The Morgan fingerprint density at radius 2 is 1.77 bits per heavy atom. The first-order valence-corrected chi connectivity index (χ1v) is 10.1. The highest BCUT2D eigenvalue weighted by Gasteiger charge is 2.25. The van der Waals surface area contributed by atoms with E-state index >= 15 is 0 Å². The maximum Gasteiger partial charge on any atom is 0.293 e. The summed E-state index contributed by atoms with van der Waals surface area (Å²) in [6.07, 6.45) is 4.46. The van der Waals surface area contributed by atoms with Gasteiger partial charge in [-0.1, -0.05) is 12.1 Å². The lowest BCUT2D eigenvalue weighted by Gasteiger charge is -2.33. The van der Waals surface area contributed by atoms with Crippen LogP contribution in [-0.2, 0) is 16.6 Å². The van der Waals surface area contributed by atoms with Crippen LogP contribution < -0.4 is 15.2 Å². The zero-order valence-corrected chi connectivity index (χ0v) is 15.6. The van der Waals surface area contributed by atoms with Crippen molar-refractivity contribution in [1.29, 1.82) is 0 Å². The molecule has 1 aromatic heterocycles. The van der Waals surface area contributed by atoms with Crippen LogP contribution in [0.5, 0.6) is 5.75 Å². The normalized spacial score (nSPS) is 15.8. The van der Waals surface area contributed by atoms with Crippen LogP contribution in [0.1, 0.15) is 5.56 Å². The maximum atomic E-state index is 12.8.